The van der Waals surface area contributed by atoms with Crippen LogP contribution in [0.1, 0.15) is 110 Å². The largest absolute Gasteiger partial charge is 0.0999 e. The third kappa shape index (κ3) is 19.2. The second-order valence-electron chi connectivity index (χ2n) is 6.83. The first-order valence-corrected chi connectivity index (χ1v) is 10.3. The van der Waals surface area contributed by atoms with Crippen molar-refractivity contribution in [2.75, 3.05) is 0 Å². The molecular formula is C23H42. The number of unbranched alkanes of at least 4 members (excludes halogenated alkanes) is 9. The van der Waals surface area contributed by atoms with Gasteiger partial charge in [-0.3, -0.25) is 0 Å². The van der Waals surface area contributed by atoms with Gasteiger partial charge in [-0.2, -0.15) is 0 Å². The maximum Gasteiger partial charge on any atom is -0.0169 e. The Morgan fingerprint density at radius 2 is 1.13 bits per heavy atom. The highest BCUT2D eigenvalue weighted by Gasteiger charge is 1.95. The van der Waals surface area contributed by atoms with Gasteiger partial charge in [-0.1, -0.05) is 88.8 Å². The Morgan fingerprint density at radius 3 is 1.78 bits per heavy atom. The summed E-state index contributed by atoms with van der Waals surface area (Å²) in [7, 11) is 0. The lowest BCUT2D eigenvalue weighted by atomic mass is 10.0. The molecule has 0 heteroatoms. The third-order valence-electron chi connectivity index (χ3n) is 4.36. The van der Waals surface area contributed by atoms with E-state index in [4.69, 9.17) is 0 Å². The van der Waals surface area contributed by atoms with Crippen LogP contribution in [0.3, 0.4) is 0 Å². The van der Waals surface area contributed by atoms with Crippen LogP contribution in [0.5, 0.6) is 0 Å². The Bertz CT molecular complexity index is 295. The Balaban J connectivity index is 3.23. The van der Waals surface area contributed by atoms with Crippen LogP contribution >= 0.6 is 0 Å². The van der Waals surface area contributed by atoms with Gasteiger partial charge in [-0.25, -0.2) is 0 Å². The van der Waals surface area contributed by atoms with Crippen LogP contribution in [-0.2, 0) is 0 Å². The molecule has 0 aromatic rings. The molecule has 0 rings (SSSR count). The predicted molar refractivity (Wildman–Crippen MR) is 108 cm³/mol. The zero-order valence-corrected chi connectivity index (χ0v) is 16.1. The highest BCUT2D eigenvalue weighted by Crippen LogP contribution is 2.15. The molecule has 134 valence electrons. The van der Waals surface area contributed by atoms with Crippen molar-refractivity contribution in [1.29, 1.82) is 0 Å². The standard InChI is InChI=1S/C23H42/c1-4-6-8-9-10-11-12-13-14-15-16-17-18-19-20-22-23(3)21-7-5-2/h10-11,13-14H,3-9,12,15-22H2,1-2H3/b11-10-,14-13-. The molecule has 0 aromatic carbocycles. The second kappa shape index (κ2) is 19.3. The Labute approximate surface area is 147 Å². The lowest BCUT2D eigenvalue weighted by Crippen LogP contribution is -1.84. The van der Waals surface area contributed by atoms with Gasteiger partial charge in [0, 0.05) is 0 Å². The fourth-order valence-corrected chi connectivity index (χ4v) is 2.74. The first-order valence-electron chi connectivity index (χ1n) is 10.3. The van der Waals surface area contributed by atoms with Gasteiger partial charge in [-0.15, -0.1) is 0 Å². The van der Waals surface area contributed by atoms with Crippen molar-refractivity contribution in [2.45, 2.75) is 110 Å². The lowest BCUT2D eigenvalue weighted by Gasteiger charge is -2.04. The van der Waals surface area contributed by atoms with Crippen LogP contribution in [-0.4, -0.2) is 0 Å². The summed E-state index contributed by atoms with van der Waals surface area (Å²) in [4.78, 5) is 0. The van der Waals surface area contributed by atoms with Gasteiger partial charge in [0.1, 0.15) is 0 Å². The first kappa shape index (κ1) is 22.2. The van der Waals surface area contributed by atoms with E-state index in [0.717, 1.165) is 6.42 Å². The first-order chi connectivity index (χ1) is 11.3. The Morgan fingerprint density at radius 1 is 0.609 bits per heavy atom. The lowest BCUT2D eigenvalue weighted by molar-refractivity contribution is 0.608. The zero-order valence-electron chi connectivity index (χ0n) is 16.1. The van der Waals surface area contributed by atoms with Gasteiger partial charge in [-0.05, 0) is 57.8 Å². The molecule has 0 saturated carbocycles. The van der Waals surface area contributed by atoms with E-state index in [-0.39, 0.29) is 0 Å². The molecule has 23 heavy (non-hydrogen) atoms. The van der Waals surface area contributed by atoms with Gasteiger partial charge < -0.3 is 0 Å². The summed E-state index contributed by atoms with van der Waals surface area (Å²) >= 11 is 0. The van der Waals surface area contributed by atoms with Crippen LogP contribution < -0.4 is 0 Å². The molecule has 0 bridgehead atoms. The van der Waals surface area contributed by atoms with Crippen LogP contribution in [0.4, 0.5) is 0 Å². The quantitative estimate of drug-likeness (QED) is 0.186. The summed E-state index contributed by atoms with van der Waals surface area (Å²) in [5.41, 5.74) is 1.47. The fourth-order valence-electron chi connectivity index (χ4n) is 2.74. The van der Waals surface area contributed by atoms with E-state index in [2.05, 4.69) is 44.7 Å². The van der Waals surface area contributed by atoms with Crippen molar-refractivity contribution in [1.82, 2.24) is 0 Å². The minimum Gasteiger partial charge on any atom is -0.0999 e. The number of hydrogen-bond acceptors (Lipinski definition) is 0. The van der Waals surface area contributed by atoms with E-state index >= 15 is 0 Å². The van der Waals surface area contributed by atoms with Crippen molar-refractivity contribution < 1.29 is 0 Å². The van der Waals surface area contributed by atoms with Gasteiger partial charge in [0.05, 0.1) is 0 Å². The molecular weight excluding hydrogens is 276 g/mol. The monoisotopic (exact) mass is 318 g/mol. The molecule has 0 amide bonds. The summed E-state index contributed by atoms with van der Waals surface area (Å²) in [5, 5.41) is 0. The molecule has 0 radical (unpaired) electrons. The van der Waals surface area contributed by atoms with E-state index in [1.165, 1.54) is 95.5 Å². The van der Waals surface area contributed by atoms with Gasteiger partial charge in [0.2, 0.25) is 0 Å². The van der Waals surface area contributed by atoms with Crippen LogP contribution in [0, 0.1) is 0 Å². The highest BCUT2D eigenvalue weighted by atomic mass is 14.0. The van der Waals surface area contributed by atoms with Crippen molar-refractivity contribution in [3.63, 3.8) is 0 Å². The Kier molecular flexibility index (Phi) is 18.6. The fraction of sp³-hybridized carbons (Fsp3) is 0.739. The van der Waals surface area contributed by atoms with Crippen LogP contribution in [0.2, 0.25) is 0 Å². The zero-order chi connectivity index (χ0) is 17.0. The average Bonchev–Trinajstić information content (AvgIpc) is 2.56. The molecule has 0 atom stereocenters. The van der Waals surface area contributed by atoms with Gasteiger partial charge in [0.25, 0.3) is 0 Å². The molecule has 0 fully saturated rings. The number of hydrogen-bond donors (Lipinski definition) is 0. The molecule has 0 nitrogen and oxygen atoms in total. The van der Waals surface area contributed by atoms with E-state index in [1.807, 2.05) is 0 Å². The van der Waals surface area contributed by atoms with Crippen molar-refractivity contribution in [2.24, 2.45) is 0 Å². The maximum absolute atomic E-state index is 4.18. The van der Waals surface area contributed by atoms with E-state index in [9.17, 15) is 0 Å². The van der Waals surface area contributed by atoms with Crippen molar-refractivity contribution in [3.8, 4) is 0 Å². The second-order valence-corrected chi connectivity index (χ2v) is 6.83. The van der Waals surface area contributed by atoms with Gasteiger partial charge in [0.15, 0.2) is 0 Å². The van der Waals surface area contributed by atoms with E-state index < -0.39 is 0 Å². The normalized spacial score (nSPS) is 11.7. The molecule has 0 aliphatic carbocycles. The summed E-state index contributed by atoms with van der Waals surface area (Å²) in [6.45, 7) is 8.70. The van der Waals surface area contributed by atoms with Crippen molar-refractivity contribution in [3.05, 3.63) is 36.5 Å². The molecule has 0 aliphatic heterocycles. The van der Waals surface area contributed by atoms with Crippen molar-refractivity contribution >= 4 is 0 Å². The molecule has 0 unspecified atom stereocenters. The molecule has 0 N–H and O–H groups in total. The smallest absolute Gasteiger partial charge is 0.0169 e. The predicted octanol–water partition coefficient (Wildman–Crippen LogP) is 8.55. The minimum absolute atomic E-state index is 1.12. The number of rotatable bonds is 17. The van der Waals surface area contributed by atoms with E-state index in [0.29, 0.717) is 0 Å². The topological polar surface area (TPSA) is 0 Å². The molecule has 0 spiro atoms. The summed E-state index contributed by atoms with van der Waals surface area (Å²) in [6.07, 6.45) is 29.0. The van der Waals surface area contributed by atoms with Crippen LogP contribution in [0.15, 0.2) is 36.5 Å². The minimum atomic E-state index is 1.12. The highest BCUT2D eigenvalue weighted by molar-refractivity contribution is 4.93. The molecule has 0 saturated heterocycles. The maximum atomic E-state index is 4.18. The summed E-state index contributed by atoms with van der Waals surface area (Å²) < 4.78 is 0. The number of allylic oxidation sites excluding steroid dienone is 5. The summed E-state index contributed by atoms with van der Waals surface area (Å²) in [6, 6.07) is 0. The van der Waals surface area contributed by atoms with E-state index in [1.54, 1.807) is 0 Å². The van der Waals surface area contributed by atoms with Gasteiger partial charge >= 0.3 is 0 Å². The SMILES string of the molecule is C=C(CCCC)CCCCCCC/C=C\C/C=C\CCCCC. The third-order valence-corrected chi connectivity index (χ3v) is 4.36. The Hall–Kier alpha value is -0.780. The average molecular weight is 319 g/mol. The molecule has 0 aliphatic rings. The molecule has 0 aromatic heterocycles. The summed E-state index contributed by atoms with van der Waals surface area (Å²) in [5.74, 6) is 0. The molecule has 0 heterocycles. The van der Waals surface area contributed by atoms with Crippen LogP contribution in [0.25, 0.3) is 0 Å².